The lowest BCUT2D eigenvalue weighted by atomic mass is 9.93. The first-order valence-electron chi connectivity index (χ1n) is 11.5. The molecule has 9 heteroatoms. The zero-order valence-corrected chi connectivity index (χ0v) is 21.3. The molecule has 7 nitrogen and oxygen atoms in total. The van der Waals surface area contributed by atoms with E-state index in [-0.39, 0.29) is 11.8 Å². The summed E-state index contributed by atoms with van der Waals surface area (Å²) in [5.41, 5.74) is 7.81. The predicted molar refractivity (Wildman–Crippen MR) is 145 cm³/mol. The second-order valence-corrected chi connectivity index (χ2v) is 11.2. The number of rotatable bonds is 10. The van der Waals surface area contributed by atoms with Crippen molar-refractivity contribution >= 4 is 45.4 Å². The Kier molecular flexibility index (Phi) is 8.17. The van der Waals surface area contributed by atoms with Gasteiger partial charge in [0.1, 0.15) is 0 Å². The number of phosphoric ester groups is 1. The summed E-state index contributed by atoms with van der Waals surface area (Å²) in [5.74, 6) is 0. The molecule has 4 aromatic rings. The standard InChI is InChI=1S/C27H28NO6PS/c28-27(17-29,18-34-35(31,32)33)14-13-21-10-12-24-23(15-21)26(30)22-11-9-20(16-25(22)36-24)8-4-7-19-5-2-1-3-6-19/h1-6,8-12,15-16,29H,7,13-14,17-18,28H2,(H2,31,32,33). The lowest BCUT2D eigenvalue weighted by Crippen LogP contribution is -2.48. The first-order chi connectivity index (χ1) is 17.2. The summed E-state index contributed by atoms with van der Waals surface area (Å²) in [5, 5.41) is 10.9. The highest BCUT2D eigenvalue weighted by molar-refractivity contribution is 7.46. The molecule has 0 saturated heterocycles. The van der Waals surface area contributed by atoms with E-state index in [2.05, 4.69) is 28.8 Å². The zero-order valence-electron chi connectivity index (χ0n) is 19.5. The van der Waals surface area contributed by atoms with Gasteiger partial charge in [0.15, 0.2) is 5.43 Å². The lowest BCUT2D eigenvalue weighted by molar-refractivity contribution is 0.102. The van der Waals surface area contributed by atoms with Gasteiger partial charge in [-0.15, -0.1) is 11.3 Å². The summed E-state index contributed by atoms with van der Waals surface area (Å²) in [7, 11) is -4.69. The Balaban J connectivity index is 1.53. The Bertz CT molecular complexity index is 1500. The molecule has 0 aliphatic heterocycles. The van der Waals surface area contributed by atoms with Gasteiger partial charge >= 0.3 is 7.82 Å². The summed E-state index contributed by atoms with van der Waals surface area (Å²) < 4.78 is 17.3. The van der Waals surface area contributed by atoms with Crippen LogP contribution in [0.5, 0.6) is 0 Å². The van der Waals surface area contributed by atoms with Crippen molar-refractivity contribution in [1.82, 2.24) is 0 Å². The van der Waals surface area contributed by atoms with E-state index in [0.29, 0.717) is 17.2 Å². The van der Waals surface area contributed by atoms with Crippen LogP contribution in [-0.2, 0) is 21.9 Å². The third-order valence-corrected chi connectivity index (χ3v) is 7.61. The highest BCUT2D eigenvalue weighted by Crippen LogP contribution is 2.37. The number of nitrogens with two attached hydrogens (primary N) is 1. The molecule has 1 atom stereocenters. The zero-order chi connectivity index (χ0) is 25.8. The minimum absolute atomic E-state index is 0.0496. The number of aliphatic hydroxyl groups is 1. The SMILES string of the molecule is NC(CO)(CCc1ccc2sc3cc(C=CCc4ccccc4)ccc3c(=O)c2c1)COP(=O)(O)O. The van der Waals surface area contributed by atoms with Crippen LogP contribution in [-0.4, -0.2) is 33.6 Å². The lowest BCUT2D eigenvalue weighted by Gasteiger charge is -2.27. The van der Waals surface area contributed by atoms with E-state index >= 15 is 0 Å². The first kappa shape index (κ1) is 26.4. The van der Waals surface area contributed by atoms with Crippen molar-refractivity contribution in [2.75, 3.05) is 13.2 Å². The van der Waals surface area contributed by atoms with Crippen molar-refractivity contribution in [2.24, 2.45) is 5.73 Å². The first-order valence-corrected chi connectivity index (χ1v) is 13.8. The third-order valence-electron chi connectivity index (χ3n) is 6.01. The number of benzene rings is 3. The molecule has 0 aliphatic rings. The van der Waals surface area contributed by atoms with Crippen LogP contribution in [0.2, 0.25) is 0 Å². The van der Waals surface area contributed by atoms with Gasteiger partial charge in [-0.2, -0.15) is 0 Å². The summed E-state index contributed by atoms with van der Waals surface area (Å²) in [6, 6.07) is 21.7. The monoisotopic (exact) mass is 525 g/mol. The van der Waals surface area contributed by atoms with Crippen molar-refractivity contribution in [3.8, 4) is 0 Å². The molecular weight excluding hydrogens is 497 g/mol. The molecule has 188 valence electrons. The molecular formula is C27H28NO6PS. The fourth-order valence-corrected chi connectivity index (χ4v) is 5.45. The molecule has 0 fully saturated rings. The van der Waals surface area contributed by atoms with E-state index in [9.17, 15) is 14.5 Å². The smallest absolute Gasteiger partial charge is 0.394 e. The van der Waals surface area contributed by atoms with Gasteiger partial charge in [0.25, 0.3) is 0 Å². The van der Waals surface area contributed by atoms with Crippen molar-refractivity contribution < 1.29 is 24.0 Å². The maximum absolute atomic E-state index is 13.2. The number of hydrogen-bond donors (Lipinski definition) is 4. The molecule has 1 aromatic heterocycles. The number of aryl methyl sites for hydroxylation is 1. The second-order valence-electron chi connectivity index (χ2n) is 8.89. The molecule has 5 N–H and O–H groups in total. The summed E-state index contributed by atoms with van der Waals surface area (Å²) in [6.45, 7) is -0.981. The van der Waals surface area contributed by atoms with Gasteiger partial charge in [-0.25, -0.2) is 4.57 Å². The van der Waals surface area contributed by atoms with Crippen LogP contribution in [0.3, 0.4) is 0 Å². The average molecular weight is 526 g/mol. The molecule has 1 heterocycles. The summed E-state index contributed by atoms with van der Waals surface area (Å²) in [6.07, 6.45) is 5.64. The Morgan fingerprint density at radius 2 is 1.75 bits per heavy atom. The fraction of sp³-hybridized carbons (Fsp3) is 0.222. The van der Waals surface area contributed by atoms with Gasteiger partial charge in [-0.3, -0.25) is 9.32 Å². The van der Waals surface area contributed by atoms with E-state index < -0.39 is 26.6 Å². The third kappa shape index (κ3) is 6.75. The molecule has 0 radical (unpaired) electrons. The van der Waals surface area contributed by atoms with Crippen LogP contribution < -0.4 is 11.2 Å². The summed E-state index contributed by atoms with van der Waals surface area (Å²) in [4.78, 5) is 31.1. The predicted octanol–water partition coefficient (Wildman–Crippen LogP) is 4.40. The van der Waals surface area contributed by atoms with Gasteiger partial charge in [0.05, 0.1) is 18.8 Å². The highest BCUT2D eigenvalue weighted by atomic mass is 32.1. The highest BCUT2D eigenvalue weighted by Gasteiger charge is 2.28. The topological polar surface area (TPSA) is 130 Å². The minimum atomic E-state index is -4.69. The fourth-order valence-electron chi connectivity index (χ4n) is 3.93. The molecule has 0 amide bonds. The Labute approximate surface area is 212 Å². The number of phosphoric acid groups is 1. The number of allylic oxidation sites excluding steroid dienone is 1. The normalized spacial score (nSPS) is 14.0. The van der Waals surface area contributed by atoms with Gasteiger partial charge in [-0.1, -0.05) is 54.6 Å². The van der Waals surface area contributed by atoms with Crippen molar-refractivity contribution in [3.05, 3.63) is 99.7 Å². The van der Waals surface area contributed by atoms with Crippen LogP contribution >= 0.6 is 19.2 Å². The second kappa shape index (κ2) is 11.2. The van der Waals surface area contributed by atoms with Crippen LogP contribution in [0.25, 0.3) is 26.2 Å². The van der Waals surface area contributed by atoms with Crippen LogP contribution in [0, 0.1) is 0 Å². The molecule has 0 spiro atoms. The minimum Gasteiger partial charge on any atom is -0.394 e. The molecule has 1 unspecified atom stereocenters. The van der Waals surface area contributed by atoms with Crippen molar-refractivity contribution in [3.63, 3.8) is 0 Å². The summed E-state index contributed by atoms with van der Waals surface area (Å²) >= 11 is 1.55. The number of aliphatic hydroxyl groups excluding tert-OH is 1. The average Bonchev–Trinajstić information content (AvgIpc) is 2.87. The van der Waals surface area contributed by atoms with E-state index in [1.54, 1.807) is 11.3 Å². The Hall–Kier alpha value is -2.68. The Morgan fingerprint density at radius 3 is 2.47 bits per heavy atom. The van der Waals surface area contributed by atoms with Crippen molar-refractivity contribution in [1.29, 1.82) is 0 Å². The van der Waals surface area contributed by atoms with Gasteiger partial charge < -0.3 is 20.6 Å². The largest absolute Gasteiger partial charge is 0.469 e. The maximum Gasteiger partial charge on any atom is 0.469 e. The van der Waals surface area contributed by atoms with Crippen molar-refractivity contribution in [2.45, 2.75) is 24.8 Å². The number of hydrogen-bond acceptors (Lipinski definition) is 6. The van der Waals surface area contributed by atoms with Crippen LogP contribution in [0.1, 0.15) is 23.1 Å². The molecule has 0 bridgehead atoms. The van der Waals surface area contributed by atoms with Crippen LogP contribution in [0.4, 0.5) is 0 Å². The van der Waals surface area contributed by atoms with E-state index in [1.807, 2.05) is 54.6 Å². The molecule has 36 heavy (non-hydrogen) atoms. The quantitative estimate of drug-likeness (QED) is 0.178. The van der Waals surface area contributed by atoms with Gasteiger partial charge in [0, 0.05) is 20.2 Å². The van der Waals surface area contributed by atoms with Gasteiger partial charge in [0.2, 0.25) is 0 Å². The molecule has 3 aromatic carbocycles. The molecule has 4 rings (SSSR count). The van der Waals surface area contributed by atoms with E-state index in [0.717, 1.165) is 26.9 Å². The molecule has 0 saturated carbocycles. The van der Waals surface area contributed by atoms with E-state index in [4.69, 9.17) is 15.5 Å². The van der Waals surface area contributed by atoms with Gasteiger partial charge in [-0.05, 0) is 60.2 Å². The molecule has 0 aliphatic carbocycles. The van der Waals surface area contributed by atoms with Crippen LogP contribution in [0.15, 0.2) is 77.6 Å². The number of fused-ring (bicyclic) bond motifs is 2. The Morgan fingerprint density at radius 1 is 0.972 bits per heavy atom. The van der Waals surface area contributed by atoms with E-state index in [1.165, 1.54) is 5.56 Å². The maximum atomic E-state index is 13.2.